The molecule has 26 atom stereocenters. The molecule has 3 aromatic rings. The van der Waals surface area contributed by atoms with Crippen LogP contribution >= 0.6 is 0 Å². The summed E-state index contributed by atoms with van der Waals surface area (Å²) in [5, 5.41) is 162. The number of ether oxygens (including phenoxy) is 7. The molecule has 0 aromatic heterocycles. The molecule has 5 saturated heterocycles. The van der Waals surface area contributed by atoms with Crippen molar-refractivity contribution in [3.63, 3.8) is 0 Å². The maximum atomic E-state index is 15.2. The van der Waals surface area contributed by atoms with Gasteiger partial charge in [-0.25, -0.2) is 0 Å². The summed E-state index contributed by atoms with van der Waals surface area (Å²) in [5.41, 5.74) is 13.4. The molecule has 7 aliphatic rings. The Morgan fingerprint density at radius 3 is 1.97 bits per heavy atom. The highest BCUT2D eigenvalue weighted by molar-refractivity contribution is 5.98. The van der Waals surface area contributed by atoms with Crippen LogP contribution < -0.4 is 53.4 Å². The van der Waals surface area contributed by atoms with E-state index in [1.54, 1.807) is 37.3 Å². The average molecular weight is 1440 g/mol. The van der Waals surface area contributed by atoms with Gasteiger partial charge in [-0.3, -0.25) is 48.9 Å². The monoisotopic (exact) mass is 1440 g/mol. The zero-order valence-electron chi connectivity index (χ0n) is 54.5. The van der Waals surface area contributed by atoms with Crippen molar-refractivity contribution in [3.05, 3.63) is 105 Å². The van der Waals surface area contributed by atoms with Crippen molar-refractivity contribution in [2.75, 3.05) is 46.1 Å². The standard InChI is InChI=1S/C62H83N13O27/c1-23-14-27(10-13-32(23)75(94)95)58-96-22-36-51(101-58)46(85)49(88)60(100-36)102-50-35(21-78)99-59(48(87)45(50)84)97-28-11-8-25(9-12-28)15-29-53(90)72-39(41(80)30-16-66-61(63)70-30)56(93)73-40(42(81)33-17-67-62(64)74(33)57-47(86)44(83)43(82)34(20-77)98-57)55(92)69-31(19-76)52(89)65-18-37(79)71-38(54(91)68-29)24(2)26-6-4-3-5-7-26/h3-14,24,29-31,33-36,38-51,57-60,76-78,80-88H,15-22H2,1-2H3,(H2,64,67)(H,65,89)(H,68,91)(H,69,92)(H,71,79)(H,72,90)(H,73,93)(H3,63,66,70). The van der Waals surface area contributed by atoms with Gasteiger partial charge in [-0.2, -0.15) is 0 Å². The smallest absolute Gasteiger partial charge is 0.272 e. The molecule has 0 saturated carbocycles. The number of aryl methyl sites for hydroxylation is 1. The van der Waals surface area contributed by atoms with Crippen molar-refractivity contribution in [3.8, 4) is 5.75 Å². The number of carbonyl (C=O) groups excluding carboxylic acids is 6. The molecular weight excluding hydrogens is 1360 g/mol. The van der Waals surface area contributed by atoms with Crippen molar-refractivity contribution >= 4 is 53.0 Å². The van der Waals surface area contributed by atoms with Crippen LogP contribution in [0.15, 0.2) is 82.8 Å². The number of hydrogen-bond acceptors (Lipinski definition) is 33. The van der Waals surface area contributed by atoms with Crippen LogP contribution in [0.1, 0.15) is 41.4 Å². The third-order valence-electron chi connectivity index (χ3n) is 18.7. The normalized spacial score (nSPS) is 36.1. The van der Waals surface area contributed by atoms with Crippen LogP contribution in [0.25, 0.3) is 0 Å². The van der Waals surface area contributed by atoms with Gasteiger partial charge in [0.15, 0.2) is 30.7 Å². The molecule has 3 aromatic carbocycles. The molecule has 5 fully saturated rings. The lowest BCUT2D eigenvalue weighted by molar-refractivity contribution is -0.385. The maximum Gasteiger partial charge on any atom is 0.272 e. The van der Waals surface area contributed by atoms with Gasteiger partial charge in [-0.1, -0.05) is 49.4 Å². The summed E-state index contributed by atoms with van der Waals surface area (Å²) < 4.78 is 41.1. The van der Waals surface area contributed by atoms with Crippen molar-refractivity contribution in [2.24, 2.45) is 21.5 Å². The number of aliphatic hydroxyl groups excluding tert-OH is 12. The Kier molecular flexibility index (Phi) is 24.5. The first-order valence-corrected chi connectivity index (χ1v) is 32.4. The number of fused-ring (bicyclic) bond motifs is 1. The number of nitro benzene ring substituents is 1. The molecule has 7 aliphatic heterocycles. The minimum atomic E-state index is -2.36. The van der Waals surface area contributed by atoms with Crippen LogP contribution in [0, 0.1) is 17.0 Å². The van der Waals surface area contributed by atoms with E-state index in [9.17, 15) is 90.6 Å². The molecule has 0 radical (unpaired) electrons. The van der Waals surface area contributed by atoms with Crippen LogP contribution in [0.3, 0.4) is 0 Å². The van der Waals surface area contributed by atoms with E-state index in [2.05, 4.69) is 47.2 Å². The number of guanidine groups is 2. The first kappa shape index (κ1) is 76.1. The Morgan fingerprint density at radius 2 is 1.31 bits per heavy atom. The second-order valence-electron chi connectivity index (χ2n) is 25.5. The molecule has 0 spiro atoms. The summed E-state index contributed by atoms with van der Waals surface area (Å²) in [6.45, 7) is -1.91. The molecule has 40 nitrogen and oxygen atoms in total. The molecule has 0 bridgehead atoms. The number of carbonyl (C=O) groups is 6. The van der Waals surface area contributed by atoms with Gasteiger partial charge in [-0.05, 0) is 42.3 Å². The number of aliphatic imine (C=N–C) groups is 2. The fourth-order valence-electron chi connectivity index (χ4n) is 12.9. The number of rotatable bonds is 18. The molecule has 7 heterocycles. The molecule has 558 valence electrons. The van der Waals surface area contributed by atoms with Crippen LogP contribution in [0.2, 0.25) is 0 Å². The van der Waals surface area contributed by atoms with Crippen molar-refractivity contribution in [1.29, 1.82) is 0 Å². The SMILES string of the molecule is Cc1cc(C2OCC3OC(OC4C(CO)OC(Oc5ccc(CC6NC(=O)C(C(C)c7ccccc7)NC(=O)CNC(=O)C(CO)NC(=O)C(C(O)C7CN=C(N)N7C7OC(CO)C(O)C(O)C7O)NC(=O)C(C(O)C7CN=C(N)N7)NC6=O)cc5)C(O)C4O)C(O)C(O)C3O2)ccc1[N+](=O)[O-]. The van der Waals surface area contributed by atoms with Crippen LogP contribution in [-0.4, -0.2) is 311 Å². The second-order valence-corrected chi connectivity index (χ2v) is 25.5. The van der Waals surface area contributed by atoms with Gasteiger partial charge in [0.25, 0.3) is 5.69 Å². The summed E-state index contributed by atoms with van der Waals surface area (Å²) in [6.07, 6.45) is -31.8. The quantitative estimate of drug-likeness (QED) is 0.0415. The van der Waals surface area contributed by atoms with Crippen LogP contribution in [-0.2, 0) is 63.6 Å². The first-order valence-electron chi connectivity index (χ1n) is 32.4. The number of benzene rings is 3. The van der Waals surface area contributed by atoms with Gasteiger partial charge < -0.3 is 148 Å². The molecule has 10 rings (SSSR count). The zero-order chi connectivity index (χ0) is 73.7. The Bertz CT molecular complexity index is 3550. The average Bonchev–Trinajstić information content (AvgIpc) is 1.26. The van der Waals surface area contributed by atoms with E-state index in [0.29, 0.717) is 16.7 Å². The third kappa shape index (κ3) is 16.6. The summed E-state index contributed by atoms with van der Waals surface area (Å²) in [5.74, 6) is -9.04. The van der Waals surface area contributed by atoms with E-state index < -0.39 is 244 Å². The summed E-state index contributed by atoms with van der Waals surface area (Å²) in [7, 11) is 0. The predicted octanol–water partition coefficient (Wildman–Crippen LogP) is -10.6. The van der Waals surface area contributed by atoms with E-state index in [1.807, 2.05) is 0 Å². The molecule has 26 unspecified atom stereocenters. The number of aliphatic hydroxyl groups is 12. The van der Waals surface area contributed by atoms with Gasteiger partial charge in [-0.15, -0.1) is 0 Å². The molecule has 6 amide bonds. The highest BCUT2D eigenvalue weighted by Crippen LogP contribution is 2.38. The van der Waals surface area contributed by atoms with Crippen molar-refractivity contribution < 1.29 is 128 Å². The largest absolute Gasteiger partial charge is 0.462 e. The zero-order valence-corrected chi connectivity index (χ0v) is 54.5. The maximum absolute atomic E-state index is 15.2. The van der Waals surface area contributed by atoms with E-state index in [0.717, 1.165) is 4.90 Å². The lowest BCUT2D eigenvalue weighted by atomic mass is 9.92. The van der Waals surface area contributed by atoms with Gasteiger partial charge in [0.2, 0.25) is 41.7 Å². The predicted molar refractivity (Wildman–Crippen MR) is 341 cm³/mol. The fourth-order valence-corrected chi connectivity index (χ4v) is 12.9. The summed E-state index contributed by atoms with van der Waals surface area (Å²) in [4.78, 5) is 107. The number of amides is 6. The number of nitro groups is 1. The minimum Gasteiger partial charge on any atom is -0.462 e. The Labute approximate surface area is 579 Å². The molecule has 23 N–H and O–H groups in total. The van der Waals surface area contributed by atoms with E-state index >= 15 is 9.59 Å². The molecule has 40 heteroatoms. The topological polar surface area (TPSA) is 617 Å². The van der Waals surface area contributed by atoms with Gasteiger partial charge in [0.05, 0.1) is 63.1 Å². The van der Waals surface area contributed by atoms with Gasteiger partial charge in [0.1, 0.15) is 121 Å². The van der Waals surface area contributed by atoms with E-state index in [1.165, 1.54) is 49.4 Å². The Balaban J connectivity index is 0.897. The van der Waals surface area contributed by atoms with E-state index in [4.69, 9.17) is 44.6 Å². The van der Waals surface area contributed by atoms with Gasteiger partial charge in [0, 0.05) is 29.5 Å². The van der Waals surface area contributed by atoms with Crippen LogP contribution in [0.5, 0.6) is 5.75 Å². The van der Waals surface area contributed by atoms with Gasteiger partial charge >= 0.3 is 0 Å². The minimum absolute atomic E-state index is 0.0739. The van der Waals surface area contributed by atoms with Crippen molar-refractivity contribution in [1.82, 2.24) is 42.1 Å². The number of nitrogens with zero attached hydrogens (tertiary/aromatic N) is 4. The van der Waals surface area contributed by atoms with E-state index in [-0.39, 0.29) is 36.1 Å². The molecular formula is C62H83N13O27. The lowest BCUT2D eigenvalue weighted by Gasteiger charge is -2.48. The number of hydrogen-bond donors (Lipinski definition) is 21. The number of nitrogens with one attached hydrogen (secondary N) is 7. The summed E-state index contributed by atoms with van der Waals surface area (Å²) in [6, 6.07) is 4.94. The Hall–Kier alpha value is -8.50. The van der Waals surface area contributed by atoms with Crippen LogP contribution in [0.4, 0.5) is 5.69 Å². The highest BCUT2D eigenvalue weighted by atomic mass is 16.8. The lowest BCUT2D eigenvalue weighted by Crippen LogP contribution is -2.70. The summed E-state index contributed by atoms with van der Waals surface area (Å²) >= 11 is 0. The first-order chi connectivity index (χ1) is 48.6. The third-order valence-corrected chi connectivity index (χ3v) is 18.7. The molecule has 0 aliphatic carbocycles. The Morgan fingerprint density at radius 1 is 0.657 bits per heavy atom. The fraction of sp³-hybridized carbons (Fsp3) is 0.581. The number of nitrogens with two attached hydrogens (primary N) is 2. The molecule has 102 heavy (non-hydrogen) atoms. The second kappa shape index (κ2) is 32.9. The highest BCUT2D eigenvalue weighted by Gasteiger charge is 2.55. The van der Waals surface area contributed by atoms with Crippen molar-refractivity contribution in [2.45, 2.75) is 179 Å².